The van der Waals surface area contributed by atoms with Gasteiger partial charge in [0.1, 0.15) is 13.2 Å². The molecular formula is C20H24N2O3. The molecule has 0 saturated carbocycles. The van der Waals surface area contributed by atoms with Gasteiger partial charge in [-0.25, -0.2) is 0 Å². The van der Waals surface area contributed by atoms with E-state index in [1.165, 1.54) is 11.1 Å². The number of pyridine rings is 1. The number of aryl methyl sites for hydroxylation is 2. The zero-order valence-corrected chi connectivity index (χ0v) is 14.4. The smallest absolute Gasteiger partial charge is 0.220 e. The van der Waals surface area contributed by atoms with Gasteiger partial charge in [-0.1, -0.05) is 12.1 Å². The summed E-state index contributed by atoms with van der Waals surface area (Å²) in [6, 6.07) is 10.00. The van der Waals surface area contributed by atoms with Crippen molar-refractivity contribution in [3.63, 3.8) is 0 Å². The molecule has 1 amide bonds. The Morgan fingerprint density at radius 1 is 1.04 bits per heavy atom. The molecule has 3 rings (SSSR count). The summed E-state index contributed by atoms with van der Waals surface area (Å²) in [6.45, 7) is 1.91. The topological polar surface area (TPSA) is 60.5 Å². The molecule has 0 radical (unpaired) electrons. The Labute approximate surface area is 148 Å². The summed E-state index contributed by atoms with van der Waals surface area (Å²) in [5.41, 5.74) is 2.38. The van der Waals surface area contributed by atoms with Crippen molar-refractivity contribution in [1.82, 2.24) is 10.3 Å². The number of carbonyl (C=O) groups excluding carboxylic acids is 1. The van der Waals surface area contributed by atoms with Crippen LogP contribution in [0.1, 0.15) is 30.4 Å². The fourth-order valence-corrected chi connectivity index (χ4v) is 2.85. The Kier molecular flexibility index (Phi) is 6.26. The number of hydrogen-bond acceptors (Lipinski definition) is 4. The highest BCUT2D eigenvalue weighted by Gasteiger charge is 2.11. The Bertz CT molecular complexity index is 689. The number of hydrogen-bond donors (Lipinski definition) is 1. The number of aromatic nitrogens is 1. The second kappa shape index (κ2) is 9.06. The molecule has 0 saturated heterocycles. The minimum atomic E-state index is 0.115. The highest BCUT2D eigenvalue weighted by Crippen LogP contribution is 2.31. The Morgan fingerprint density at radius 2 is 1.88 bits per heavy atom. The van der Waals surface area contributed by atoms with Crippen molar-refractivity contribution in [2.24, 2.45) is 0 Å². The van der Waals surface area contributed by atoms with Gasteiger partial charge in [-0.05, 0) is 55.0 Å². The molecule has 5 nitrogen and oxygen atoms in total. The molecule has 5 heteroatoms. The van der Waals surface area contributed by atoms with Crippen molar-refractivity contribution in [3.05, 3.63) is 53.9 Å². The van der Waals surface area contributed by atoms with Gasteiger partial charge in [-0.15, -0.1) is 0 Å². The van der Waals surface area contributed by atoms with Gasteiger partial charge in [-0.3, -0.25) is 9.78 Å². The molecule has 1 aliphatic heterocycles. The molecular weight excluding hydrogens is 316 g/mol. The predicted octanol–water partition coefficient (Wildman–Crippen LogP) is 2.92. The number of amides is 1. The largest absolute Gasteiger partial charge is 0.486 e. The van der Waals surface area contributed by atoms with E-state index in [-0.39, 0.29) is 5.91 Å². The molecule has 0 aliphatic carbocycles. The third kappa shape index (κ3) is 5.48. The third-order valence-corrected chi connectivity index (χ3v) is 4.16. The number of nitrogens with one attached hydrogen (secondary N) is 1. The molecule has 0 unspecified atom stereocenters. The lowest BCUT2D eigenvalue weighted by atomic mass is 10.1. The van der Waals surface area contributed by atoms with E-state index in [9.17, 15) is 4.79 Å². The maximum absolute atomic E-state index is 11.9. The van der Waals surface area contributed by atoms with Crippen LogP contribution in [-0.2, 0) is 17.6 Å². The molecule has 1 aromatic carbocycles. The van der Waals surface area contributed by atoms with E-state index in [4.69, 9.17) is 9.47 Å². The van der Waals surface area contributed by atoms with E-state index in [0.29, 0.717) is 26.2 Å². The second-order valence-electron chi connectivity index (χ2n) is 6.15. The highest BCUT2D eigenvalue weighted by atomic mass is 16.6. The van der Waals surface area contributed by atoms with Crippen LogP contribution in [0, 0.1) is 0 Å². The van der Waals surface area contributed by atoms with Crippen molar-refractivity contribution in [1.29, 1.82) is 0 Å². The van der Waals surface area contributed by atoms with Gasteiger partial charge in [0.05, 0.1) is 0 Å². The van der Waals surface area contributed by atoms with Gasteiger partial charge >= 0.3 is 0 Å². The van der Waals surface area contributed by atoms with Gasteiger partial charge in [0.2, 0.25) is 5.91 Å². The average molecular weight is 340 g/mol. The SMILES string of the molecule is O=C(CCCc1ccc2c(c1)OCCO2)NCCCc1cccnc1. The summed E-state index contributed by atoms with van der Waals surface area (Å²) in [5.74, 6) is 1.73. The fraction of sp³-hybridized carbons (Fsp3) is 0.400. The summed E-state index contributed by atoms with van der Waals surface area (Å²) in [5, 5.41) is 2.99. The quantitative estimate of drug-likeness (QED) is 0.751. The van der Waals surface area contributed by atoms with Gasteiger partial charge in [-0.2, -0.15) is 0 Å². The minimum absolute atomic E-state index is 0.115. The average Bonchev–Trinajstić information content (AvgIpc) is 2.66. The monoisotopic (exact) mass is 340 g/mol. The first-order valence-electron chi connectivity index (χ1n) is 8.85. The number of carbonyl (C=O) groups is 1. The van der Waals surface area contributed by atoms with Crippen LogP contribution in [0.2, 0.25) is 0 Å². The van der Waals surface area contributed by atoms with Crippen molar-refractivity contribution in [3.8, 4) is 11.5 Å². The lowest BCUT2D eigenvalue weighted by Gasteiger charge is -2.18. The molecule has 132 valence electrons. The van der Waals surface area contributed by atoms with E-state index in [2.05, 4.69) is 16.4 Å². The predicted molar refractivity (Wildman–Crippen MR) is 95.9 cm³/mol. The molecule has 0 spiro atoms. The molecule has 0 bridgehead atoms. The molecule has 1 aliphatic rings. The van der Waals surface area contributed by atoms with Crippen LogP contribution >= 0.6 is 0 Å². The van der Waals surface area contributed by atoms with E-state index in [1.54, 1.807) is 6.20 Å². The van der Waals surface area contributed by atoms with Crippen LogP contribution in [0.5, 0.6) is 11.5 Å². The molecule has 0 fully saturated rings. The van der Waals surface area contributed by atoms with Crippen LogP contribution in [-0.4, -0.2) is 30.6 Å². The van der Waals surface area contributed by atoms with Crippen LogP contribution in [0.25, 0.3) is 0 Å². The first kappa shape index (κ1) is 17.3. The minimum Gasteiger partial charge on any atom is -0.486 e. The van der Waals surface area contributed by atoms with E-state index < -0.39 is 0 Å². The number of nitrogens with zero attached hydrogens (tertiary/aromatic N) is 1. The number of benzene rings is 1. The molecule has 2 heterocycles. The lowest BCUT2D eigenvalue weighted by Crippen LogP contribution is -2.24. The molecule has 25 heavy (non-hydrogen) atoms. The van der Waals surface area contributed by atoms with Gasteiger partial charge < -0.3 is 14.8 Å². The van der Waals surface area contributed by atoms with Crippen LogP contribution < -0.4 is 14.8 Å². The van der Waals surface area contributed by atoms with Crippen LogP contribution in [0.15, 0.2) is 42.7 Å². The summed E-state index contributed by atoms with van der Waals surface area (Å²) in [4.78, 5) is 16.0. The van der Waals surface area contributed by atoms with E-state index in [1.807, 2.05) is 30.5 Å². The standard InChI is InChI=1S/C20H24N2O3/c23-20(22-11-3-6-17-5-2-10-21-15-17)7-1-4-16-8-9-18-19(14-16)25-13-12-24-18/h2,5,8-10,14-15H,1,3-4,6-7,11-13H2,(H,22,23). The Hall–Kier alpha value is -2.56. The van der Waals surface area contributed by atoms with Crippen LogP contribution in [0.3, 0.4) is 0 Å². The maximum Gasteiger partial charge on any atom is 0.220 e. The number of fused-ring (bicyclic) bond motifs is 1. The Morgan fingerprint density at radius 3 is 2.72 bits per heavy atom. The lowest BCUT2D eigenvalue weighted by molar-refractivity contribution is -0.121. The highest BCUT2D eigenvalue weighted by molar-refractivity contribution is 5.75. The molecule has 1 aromatic heterocycles. The first-order chi connectivity index (χ1) is 12.3. The van der Waals surface area contributed by atoms with E-state index >= 15 is 0 Å². The summed E-state index contributed by atoms with van der Waals surface area (Å²) >= 11 is 0. The van der Waals surface area contributed by atoms with Gasteiger partial charge in [0.15, 0.2) is 11.5 Å². The molecule has 1 N–H and O–H groups in total. The van der Waals surface area contributed by atoms with Crippen molar-refractivity contribution < 1.29 is 14.3 Å². The third-order valence-electron chi connectivity index (χ3n) is 4.16. The first-order valence-corrected chi connectivity index (χ1v) is 8.85. The summed E-state index contributed by atoms with van der Waals surface area (Å²) < 4.78 is 11.1. The van der Waals surface area contributed by atoms with Crippen molar-refractivity contribution in [2.75, 3.05) is 19.8 Å². The van der Waals surface area contributed by atoms with Crippen molar-refractivity contribution in [2.45, 2.75) is 32.1 Å². The number of rotatable bonds is 8. The fourth-order valence-electron chi connectivity index (χ4n) is 2.85. The zero-order valence-electron chi connectivity index (χ0n) is 14.4. The normalized spacial score (nSPS) is 12.6. The Balaban J connectivity index is 1.31. The summed E-state index contributed by atoms with van der Waals surface area (Å²) in [7, 11) is 0. The van der Waals surface area contributed by atoms with Gasteiger partial charge in [0.25, 0.3) is 0 Å². The maximum atomic E-state index is 11.9. The van der Waals surface area contributed by atoms with E-state index in [0.717, 1.165) is 37.2 Å². The van der Waals surface area contributed by atoms with Crippen LogP contribution in [0.4, 0.5) is 0 Å². The van der Waals surface area contributed by atoms with Crippen molar-refractivity contribution >= 4 is 5.91 Å². The zero-order chi connectivity index (χ0) is 17.3. The molecule has 0 atom stereocenters. The molecule has 2 aromatic rings. The summed E-state index contributed by atoms with van der Waals surface area (Å²) in [6.07, 6.45) is 7.74. The van der Waals surface area contributed by atoms with Gasteiger partial charge in [0, 0.05) is 25.4 Å². The second-order valence-corrected chi connectivity index (χ2v) is 6.15. The number of ether oxygens (including phenoxy) is 2.